The lowest BCUT2D eigenvalue weighted by atomic mass is 10.1. The van der Waals surface area contributed by atoms with E-state index < -0.39 is 5.97 Å². The number of amides is 1. The van der Waals surface area contributed by atoms with E-state index in [0.717, 1.165) is 28.8 Å². The smallest absolute Gasteiger partial charge is 0.350 e. The number of ether oxygens (including phenoxy) is 1. The molecule has 33 heavy (non-hydrogen) atoms. The Morgan fingerprint density at radius 2 is 1.91 bits per heavy atom. The van der Waals surface area contributed by atoms with Gasteiger partial charge in [0, 0.05) is 23.4 Å². The second kappa shape index (κ2) is 10.2. The van der Waals surface area contributed by atoms with Crippen LogP contribution in [0.2, 0.25) is 0 Å². The molecule has 0 bridgehead atoms. The Kier molecular flexibility index (Phi) is 7.17. The van der Waals surface area contributed by atoms with Crippen LogP contribution in [0.1, 0.15) is 31.4 Å². The van der Waals surface area contributed by atoms with E-state index in [1.165, 1.54) is 23.3 Å². The van der Waals surface area contributed by atoms with E-state index >= 15 is 0 Å². The van der Waals surface area contributed by atoms with Crippen molar-refractivity contribution in [1.82, 2.24) is 9.88 Å². The Balaban J connectivity index is 1.57. The molecule has 0 unspecified atom stereocenters. The first-order valence-electron chi connectivity index (χ1n) is 10.5. The molecule has 1 N–H and O–H groups in total. The van der Waals surface area contributed by atoms with Crippen LogP contribution in [0.4, 0.5) is 5.69 Å². The van der Waals surface area contributed by atoms with Crippen LogP contribution in [-0.2, 0) is 29.0 Å². The second-order valence-corrected chi connectivity index (χ2v) is 9.89. The molecule has 0 saturated heterocycles. The summed E-state index contributed by atoms with van der Waals surface area (Å²) in [6, 6.07) is 15.8. The number of rotatable bonds is 8. The first-order valence-corrected chi connectivity index (χ1v) is 12.2. The second-order valence-electron chi connectivity index (χ2n) is 7.86. The average Bonchev–Trinajstić information content (AvgIpc) is 3.42. The maximum atomic E-state index is 12.8. The number of benzene rings is 1. The number of nitrogens with one attached hydrogen (secondary N) is 1. The molecular weight excluding hydrogens is 454 g/mol. The number of hydrogen-bond donors (Lipinski definition) is 1. The fourth-order valence-electron chi connectivity index (χ4n) is 3.63. The Labute approximate surface area is 200 Å². The van der Waals surface area contributed by atoms with Crippen molar-refractivity contribution in [3.8, 4) is 0 Å². The maximum absolute atomic E-state index is 12.8. The summed E-state index contributed by atoms with van der Waals surface area (Å²) in [5.74, 6) is -0.672. The van der Waals surface area contributed by atoms with Crippen molar-refractivity contribution in [2.24, 2.45) is 0 Å². The van der Waals surface area contributed by atoms with Gasteiger partial charge in [-0.2, -0.15) is 0 Å². The number of aromatic nitrogens is 1. The lowest BCUT2D eigenvalue weighted by molar-refractivity contribution is -0.115. The first kappa shape index (κ1) is 23.1. The molecular formula is C25H25N3O3S2. The van der Waals surface area contributed by atoms with Crippen LogP contribution >= 0.6 is 22.7 Å². The van der Waals surface area contributed by atoms with Crippen LogP contribution in [0.5, 0.6) is 0 Å². The Morgan fingerprint density at radius 1 is 1.09 bits per heavy atom. The van der Waals surface area contributed by atoms with E-state index in [9.17, 15) is 9.59 Å². The Hall–Kier alpha value is -3.07. The molecule has 4 rings (SSSR count). The number of esters is 1. The number of anilines is 1. The third-order valence-electron chi connectivity index (χ3n) is 5.30. The summed E-state index contributed by atoms with van der Waals surface area (Å²) < 4.78 is 4.96. The molecule has 0 spiro atoms. The molecule has 0 radical (unpaired) electrons. The summed E-state index contributed by atoms with van der Waals surface area (Å²) in [4.78, 5) is 34.6. The van der Waals surface area contributed by atoms with Crippen molar-refractivity contribution in [2.45, 2.75) is 26.4 Å². The molecule has 3 heterocycles. The molecule has 0 aliphatic carbocycles. The lowest BCUT2D eigenvalue weighted by Crippen LogP contribution is -2.17. The third kappa shape index (κ3) is 5.47. The predicted molar refractivity (Wildman–Crippen MR) is 134 cm³/mol. The van der Waals surface area contributed by atoms with Gasteiger partial charge in [-0.3, -0.25) is 9.69 Å². The molecule has 0 aliphatic heterocycles. The lowest BCUT2D eigenvalue weighted by Gasteiger charge is -2.15. The van der Waals surface area contributed by atoms with Crippen molar-refractivity contribution in [1.29, 1.82) is 0 Å². The summed E-state index contributed by atoms with van der Waals surface area (Å²) in [6.45, 7) is 3.49. The minimum Gasteiger partial charge on any atom is -0.465 e. The number of carbonyl (C=O) groups is 2. The minimum atomic E-state index is -0.486. The molecule has 6 nitrogen and oxygen atoms in total. The first-order chi connectivity index (χ1) is 15.9. The normalized spacial score (nSPS) is 11.2. The van der Waals surface area contributed by atoms with Crippen LogP contribution in [-0.4, -0.2) is 35.9 Å². The predicted octanol–water partition coefficient (Wildman–Crippen LogP) is 5.27. The Bertz CT molecular complexity index is 1280. The van der Waals surface area contributed by atoms with Gasteiger partial charge in [0.05, 0.1) is 24.9 Å². The molecule has 8 heteroatoms. The van der Waals surface area contributed by atoms with Gasteiger partial charge in [-0.1, -0.05) is 30.3 Å². The molecule has 170 valence electrons. The number of methoxy groups -OCH3 is 1. The number of hydrogen-bond acceptors (Lipinski definition) is 7. The zero-order valence-corrected chi connectivity index (χ0v) is 20.4. The van der Waals surface area contributed by atoms with Crippen LogP contribution in [0.15, 0.2) is 53.9 Å². The monoisotopic (exact) mass is 479 g/mol. The summed E-state index contributed by atoms with van der Waals surface area (Å²) in [7, 11) is 3.39. The maximum Gasteiger partial charge on any atom is 0.350 e. The van der Waals surface area contributed by atoms with Crippen LogP contribution < -0.4 is 5.32 Å². The zero-order chi connectivity index (χ0) is 23.4. The number of carbonyl (C=O) groups excluding carboxylic acids is 2. The van der Waals surface area contributed by atoms with Gasteiger partial charge in [0.15, 0.2) is 0 Å². The summed E-state index contributed by atoms with van der Waals surface area (Å²) in [6.07, 6.45) is 0.226. The van der Waals surface area contributed by atoms with Gasteiger partial charge in [-0.05, 0) is 48.7 Å². The molecule has 4 aromatic rings. The SMILES string of the molecule is COC(=O)c1sc2nc(CN(C)Cc3cccs3)ccc2c1NC(=O)Cc1ccccc1C. The van der Waals surface area contributed by atoms with Crippen molar-refractivity contribution in [3.63, 3.8) is 0 Å². The topological polar surface area (TPSA) is 71.5 Å². The highest BCUT2D eigenvalue weighted by molar-refractivity contribution is 7.21. The van der Waals surface area contributed by atoms with E-state index in [1.54, 1.807) is 11.3 Å². The summed E-state index contributed by atoms with van der Waals surface area (Å²) >= 11 is 2.97. The van der Waals surface area contributed by atoms with Crippen molar-refractivity contribution in [2.75, 3.05) is 19.5 Å². The molecule has 0 fully saturated rings. The highest BCUT2D eigenvalue weighted by Crippen LogP contribution is 2.36. The average molecular weight is 480 g/mol. The van der Waals surface area contributed by atoms with E-state index in [4.69, 9.17) is 9.72 Å². The number of thiophene rings is 2. The standard InChI is InChI=1S/C25H25N3O3S2/c1-16-7-4-5-8-17(16)13-21(29)27-22-20-11-10-18(14-28(2)15-19-9-6-12-32-19)26-24(20)33-23(22)25(30)31-3/h4-12H,13-15H2,1-3H3,(H,27,29). The highest BCUT2D eigenvalue weighted by Gasteiger charge is 2.22. The molecule has 0 atom stereocenters. The van der Waals surface area contributed by atoms with Gasteiger partial charge in [-0.15, -0.1) is 22.7 Å². The molecule has 0 aliphatic rings. The fourth-order valence-corrected chi connectivity index (χ4v) is 5.48. The molecule has 1 aromatic carbocycles. The van der Waals surface area contributed by atoms with E-state index in [1.807, 2.05) is 49.4 Å². The number of aryl methyl sites for hydroxylation is 1. The number of fused-ring (bicyclic) bond motifs is 1. The van der Waals surface area contributed by atoms with Crippen LogP contribution in [0.3, 0.4) is 0 Å². The van der Waals surface area contributed by atoms with Gasteiger partial charge in [0.2, 0.25) is 5.91 Å². The number of pyridine rings is 1. The van der Waals surface area contributed by atoms with E-state index in [2.05, 4.69) is 28.7 Å². The quantitative estimate of drug-likeness (QED) is 0.349. The molecule has 3 aromatic heterocycles. The van der Waals surface area contributed by atoms with E-state index in [-0.39, 0.29) is 12.3 Å². The summed E-state index contributed by atoms with van der Waals surface area (Å²) in [5, 5.41) is 5.75. The van der Waals surface area contributed by atoms with Crippen molar-refractivity contribution in [3.05, 3.63) is 80.5 Å². The van der Waals surface area contributed by atoms with E-state index in [0.29, 0.717) is 21.9 Å². The van der Waals surface area contributed by atoms with Crippen molar-refractivity contribution < 1.29 is 14.3 Å². The Morgan fingerprint density at radius 3 is 2.64 bits per heavy atom. The fraction of sp³-hybridized carbons (Fsp3) is 0.240. The van der Waals surface area contributed by atoms with Crippen LogP contribution in [0, 0.1) is 6.92 Å². The number of nitrogens with zero attached hydrogens (tertiary/aromatic N) is 2. The zero-order valence-electron chi connectivity index (χ0n) is 18.8. The van der Waals surface area contributed by atoms with Gasteiger partial charge in [0.1, 0.15) is 9.71 Å². The van der Waals surface area contributed by atoms with Gasteiger partial charge >= 0.3 is 5.97 Å². The molecule has 0 saturated carbocycles. The van der Waals surface area contributed by atoms with Crippen LogP contribution in [0.25, 0.3) is 10.2 Å². The summed E-state index contributed by atoms with van der Waals surface area (Å²) in [5.41, 5.74) is 3.36. The highest BCUT2D eigenvalue weighted by atomic mass is 32.1. The van der Waals surface area contributed by atoms with Gasteiger partial charge in [0.25, 0.3) is 0 Å². The largest absolute Gasteiger partial charge is 0.465 e. The van der Waals surface area contributed by atoms with Gasteiger partial charge < -0.3 is 10.1 Å². The third-order valence-corrected chi connectivity index (χ3v) is 7.24. The van der Waals surface area contributed by atoms with Crippen molar-refractivity contribution >= 4 is 50.5 Å². The van der Waals surface area contributed by atoms with Gasteiger partial charge in [-0.25, -0.2) is 9.78 Å². The minimum absolute atomic E-state index is 0.186. The molecule has 1 amide bonds.